The van der Waals surface area contributed by atoms with E-state index in [9.17, 15) is 17.8 Å². The fourth-order valence-electron chi connectivity index (χ4n) is 3.22. The Hall–Kier alpha value is -0.456. The van der Waals surface area contributed by atoms with E-state index >= 15 is 0 Å². The second-order valence-electron chi connectivity index (χ2n) is 6.73. The molecule has 1 radical (unpaired) electrons. The Morgan fingerprint density at radius 2 is 1.90 bits per heavy atom. The summed E-state index contributed by atoms with van der Waals surface area (Å²) in [6, 6.07) is 5.45. The van der Waals surface area contributed by atoms with E-state index < -0.39 is 21.0 Å². The van der Waals surface area contributed by atoms with Gasteiger partial charge in [0.2, 0.25) is 0 Å². The molecule has 2 bridgehead atoms. The SMILES string of the molecule is C[NH2+]CCOC.O=C(OCC1CN2CCN1CC2)c1ccccc1S(=O)(=O)[O-].[Y]. The Morgan fingerprint density at radius 3 is 2.38 bits per heavy atom. The predicted octanol–water partition coefficient (Wildman–Crippen LogP) is -1.43. The summed E-state index contributed by atoms with van der Waals surface area (Å²) in [7, 11) is -0.961. The van der Waals surface area contributed by atoms with E-state index in [1.165, 1.54) is 18.2 Å². The average molecular weight is 504 g/mol. The number of rotatable bonds is 7. The van der Waals surface area contributed by atoms with Crippen molar-refractivity contribution in [1.29, 1.82) is 0 Å². The molecule has 11 heteroatoms. The van der Waals surface area contributed by atoms with Crippen molar-refractivity contribution in [2.75, 3.05) is 66.6 Å². The van der Waals surface area contributed by atoms with Crippen LogP contribution in [0.1, 0.15) is 10.4 Å². The summed E-state index contributed by atoms with van der Waals surface area (Å²) < 4.78 is 43.6. The van der Waals surface area contributed by atoms with Crippen LogP contribution in [0.4, 0.5) is 0 Å². The monoisotopic (exact) mass is 504 g/mol. The molecule has 4 rings (SSSR count). The smallest absolute Gasteiger partial charge is 0.339 e. The molecule has 3 aliphatic heterocycles. The van der Waals surface area contributed by atoms with Crippen molar-refractivity contribution in [3.05, 3.63) is 29.8 Å². The fraction of sp³-hybridized carbons (Fsp3) is 0.611. The Kier molecular flexibility index (Phi) is 12.0. The van der Waals surface area contributed by atoms with E-state index in [1.54, 1.807) is 7.11 Å². The van der Waals surface area contributed by atoms with Crippen molar-refractivity contribution in [2.24, 2.45) is 0 Å². The Labute approximate surface area is 197 Å². The maximum absolute atomic E-state index is 12.1. The first-order valence-corrected chi connectivity index (χ1v) is 10.7. The van der Waals surface area contributed by atoms with E-state index in [1.807, 2.05) is 7.05 Å². The number of hydrogen-bond acceptors (Lipinski definition) is 8. The molecule has 161 valence electrons. The van der Waals surface area contributed by atoms with Crippen molar-refractivity contribution in [1.82, 2.24) is 9.80 Å². The number of quaternary nitrogens is 1. The minimum Gasteiger partial charge on any atom is -0.744 e. The zero-order chi connectivity index (χ0) is 20.6. The molecule has 3 aliphatic rings. The molecule has 9 nitrogen and oxygen atoms in total. The van der Waals surface area contributed by atoms with Gasteiger partial charge in [-0.25, -0.2) is 13.2 Å². The third kappa shape index (κ3) is 8.30. The molecular weight excluding hydrogens is 475 g/mol. The van der Waals surface area contributed by atoms with E-state index in [2.05, 4.69) is 15.1 Å². The summed E-state index contributed by atoms with van der Waals surface area (Å²) in [6.45, 7) is 6.93. The van der Waals surface area contributed by atoms with Crippen LogP contribution in [0, 0.1) is 0 Å². The van der Waals surface area contributed by atoms with Gasteiger partial charge in [-0.3, -0.25) is 9.80 Å². The molecule has 1 unspecified atom stereocenters. The first kappa shape index (κ1) is 26.6. The molecule has 0 aromatic heterocycles. The third-order valence-electron chi connectivity index (χ3n) is 4.79. The van der Waals surface area contributed by atoms with Crippen LogP contribution in [-0.2, 0) is 52.3 Å². The largest absolute Gasteiger partial charge is 0.744 e. The van der Waals surface area contributed by atoms with Gasteiger partial charge in [0.25, 0.3) is 0 Å². The summed E-state index contributed by atoms with van der Waals surface area (Å²) in [4.78, 5) is 16.2. The van der Waals surface area contributed by atoms with Gasteiger partial charge in [-0.15, -0.1) is 0 Å². The average Bonchev–Trinajstić information content (AvgIpc) is 2.71. The standard InChI is InChI=1S/C14H18N2O5S.C4H11NO.Y/c17-14(12-3-1-2-4-13(12)22(18,19)20)21-10-11-9-15-5-7-16(11)8-6-15;1-5-3-4-6-2;/h1-4,11H,5-10H2,(H,18,19,20);5H,3-4H2,1-2H3;. The summed E-state index contributed by atoms with van der Waals surface area (Å²) in [5.41, 5.74) is -0.200. The Balaban J connectivity index is 0.000000529. The number of methoxy groups -OCH3 is 1. The van der Waals surface area contributed by atoms with Crippen LogP contribution in [0.15, 0.2) is 29.2 Å². The summed E-state index contributed by atoms with van der Waals surface area (Å²) in [5, 5.41) is 2.09. The number of nitrogens with two attached hydrogens (primary N) is 1. The Bertz CT molecular complexity index is 737. The Morgan fingerprint density at radius 1 is 1.24 bits per heavy atom. The number of esters is 1. The van der Waals surface area contributed by atoms with Crippen LogP contribution in [0.25, 0.3) is 0 Å². The number of ether oxygens (including phenoxy) is 2. The number of piperazine rings is 3. The zero-order valence-corrected chi connectivity index (χ0v) is 20.6. The van der Waals surface area contributed by atoms with E-state index in [0.717, 1.165) is 51.9 Å². The van der Waals surface area contributed by atoms with Crippen LogP contribution < -0.4 is 5.32 Å². The molecule has 1 aromatic carbocycles. The van der Waals surface area contributed by atoms with Gasteiger partial charge >= 0.3 is 5.97 Å². The number of nitrogens with zero attached hydrogens (tertiary/aromatic N) is 2. The number of likely N-dealkylation sites (N-methyl/N-ethyl adjacent to an activating group) is 1. The van der Waals surface area contributed by atoms with E-state index in [4.69, 9.17) is 9.47 Å². The van der Waals surface area contributed by atoms with Crippen LogP contribution >= 0.6 is 0 Å². The molecule has 3 heterocycles. The molecular formula is C18H29N3O6SY. The van der Waals surface area contributed by atoms with Crippen molar-refractivity contribution < 1.29 is 65.3 Å². The summed E-state index contributed by atoms with van der Waals surface area (Å²) in [5.74, 6) is -0.771. The molecule has 3 saturated heterocycles. The number of carbonyl (C=O) groups excluding carboxylic acids is 1. The second kappa shape index (κ2) is 13.1. The maximum atomic E-state index is 12.1. The molecule has 1 aromatic rings. The van der Waals surface area contributed by atoms with Gasteiger partial charge in [0, 0.05) is 72.5 Å². The number of benzene rings is 1. The van der Waals surface area contributed by atoms with Gasteiger partial charge in [-0.1, -0.05) is 12.1 Å². The fourth-order valence-corrected chi connectivity index (χ4v) is 3.89. The van der Waals surface area contributed by atoms with Gasteiger partial charge in [0.1, 0.15) is 16.7 Å². The summed E-state index contributed by atoms with van der Waals surface area (Å²) in [6.07, 6.45) is 0. The van der Waals surface area contributed by atoms with Crippen molar-refractivity contribution in [3.8, 4) is 0 Å². The number of carbonyl (C=O) groups is 1. The third-order valence-corrected chi connectivity index (χ3v) is 5.68. The van der Waals surface area contributed by atoms with Crippen LogP contribution in [0.5, 0.6) is 0 Å². The minimum absolute atomic E-state index is 0. The molecule has 0 aliphatic carbocycles. The predicted molar refractivity (Wildman–Crippen MR) is 101 cm³/mol. The van der Waals surface area contributed by atoms with E-state index in [0.29, 0.717) is 0 Å². The number of fused-ring (bicyclic) bond motifs is 3. The molecule has 0 saturated carbocycles. The molecule has 0 spiro atoms. The topological polar surface area (TPSA) is 116 Å². The van der Waals surface area contributed by atoms with Crippen LogP contribution in [0.2, 0.25) is 0 Å². The second-order valence-corrected chi connectivity index (χ2v) is 8.08. The normalized spacial score (nSPS) is 22.8. The van der Waals surface area contributed by atoms with E-state index in [-0.39, 0.29) is 50.9 Å². The maximum Gasteiger partial charge on any atom is 0.339 e. The molecule has 29 heavy (non-hydrogen) atoms. The van der Waals surface area contributed by atoms with Crippen molar-refractivity contribution >= 4 is 16.1 Å². The van der Waals surface area contributed by atoms with Gasteiger partial charge in [0.15, 0.2) is 0 Å². The quantitative estimate of drug-likeness (QED) is 0.273. The van der Waals surface area contributed by atoms with Gasteiger partial charge < -0.3 is 19.3 Å². The first-order chi connectivity index (χ1) is 13.4. The zero-order valence-electron chi connectivity index (χ0n) is 17.0. The molecule has 0 amide bonds. The van der Waals surface area contributed by atoms with Gasteiger partial charge in [-0.2, -0.15) is 0 Å². The van der Waals surface area contributed by atoms with Crippen molar-refractivity contribution in [2.45, 2.75) is 10.9 Å². The molecule has 3 fully saturated rings. The molecule has 2 N–H and O–H groups in total. The summed E-state index contributed by atoms with van der Waals surface area (Å²) >= 11 is 0. The van der Waals surface area contributed by atoms with Gasteiger partial charge in [0.05, 0.1) is 36.7 Å². The first-order valence-electron chi connectivity index (χ1n) is 9.32. The molecule has 1 atom stereocenters. The van der Waals surface area contributed by atoms with Crippen LogP contribution in [-0.4, -0.2) is 101 Å². The minimum atomic E-state index is -4.70. The van der Waals surface area contributed by atoms with Crippen molar-refractivity contribution in [3.63, 3.8) is 0 Å². The van der Waals surface area contributed by atoms with Crippen LogP contribution in [0.3, 0.4) is 0 Å². The number of hydrogen-bond donors (Lipinski definition) is 1. The van der Waals surface area contributed by atoms with Gasteiger partial charge in [-0.05, 0) is 12.1 Å².